The Bertz CT molecular complexity index is 745. The van der Waals surface area contributed by atoms with Crippen LogP contribution in [0.25, 0.3) is 10.1 Å². The molecule has 0 aliphatic heterocycles. The maximum Gasteiger partial charge on any atom is 0.254 e. The van der Waals surface area contributed by atoms with Gasteiger partial charge in [-0.2, -0.15) is 5.10 Å². The number of thiophene rings is 1. The van der Waals surface area contributed by atoms with Gasteiger partial charge in [0.05, 0.1) is 11.8 Å². The van der Waals surface area contributed by atoms with Crippen LogP contribution in [0.2, 0.25) is 0 Å². The summed E-state index contributed by atoms with van der Waals surface area (Å²) in [5.41, 5.74) is 1.21. The highest BCUT2D eigenvalue weighted by atomic mass is 32.1. The van der Waals surface area contributed by atoms with E-state index in [0.29, 0.717) is 11.3 Å². The van der Waals surface area contributed by atoms with Crippen LogP contribution in [0.4, 0.5) is 0 Å². The molecule has 0 aliphatic carbocycles. The molecule has 108 valence electrons. The average molecular weight is 301 g/mol. The predicted molar refractivity (Wildman–Crippen MR) is 82.4 cm³/mol. The maximum absolute atomic E-state index is 12.0. The summed E-state index contributed by atoms with van der Waals surface area (Å²) in [4.78, 5) is 12.8. The molecule has 0 fully saturated rings. The van der Waals surface area contributed by atoms with Gasteiger partial charge in [0, 0.05) is 21.8 Å². The van der Waals surface area contributed by atoms with Crippen LogP contribution in [0, 0.1) is 6.92 Å². The van der Waals surface area contributed by atoms with Crippen molar-refractivity contribution in [1.29, 1.82) is 0 Å². The number of aromatic amines is 1. The third-order valence-corrected chi connectivity index (χ3v) is 4.52. The summed E-state index contributed by atoms with van der Waals surface area (Å²) in [5.74, 6) is -0.235. The van der Waals surface area contributed by atoms with Crippen LogP contribution in [0.1, 0.15) is 27.0 Å². The average Bonchev–Trinajstić information content (AvgIpc) is 3.10. The minimum absolute atomic E-state index is 0.177. The van der Waals surface area contributed by atoms with Crippen molar-refractivity contribution in [3.63, 3.8) is 0 Å². The Morgan fingerprint density at radius 1 is 1.48 bits per heavy atom. The van der Waals surface area contributed by atoms with Crippen LogP contribution in [-0.2, 0) is 0 Å². The Balaban J connectivity index is 1.67. The van der Waals surface area contributed by atoms with Crippen molar-refractivity contribution >= 4 is 27.3 Å². The highest BCUT2D eigenvalue weighted by Gasteiger charge is 2.15. The van der Waals surface area contributed by atoms with E-state index in [0.717, 1.165) is 15.0 Å². The molecule has 2 heterocycles. The van der Waals surface area contributed by atoms with Crippen molar-refractivity contribution < 1.29 is 9.90 Å². The zero-order chi connectivity index (χ0) is 14.8. The molecule has 1 unspecified atom stereocenters. The number of H-pyrrole nitrogens is 1. The van der Waals surface area contributed by atoms with E-state index in [1.54, 1.807) is 6.92 Å². The Hall–Kier alpha value is -2.18. The summed E-state index contributed by atoms with van der Waals surface area (Å²) < 4.78 is 1.13. The number of hydrogen-bond donors (Lipinski definition) is 3. The van der Waals surface area contributed by atoms with Gasteiger partial charge in [-0.05, 0) is 24.4 Å². The first-order chi connectivity index (χ1) is 10.1. The third-order valence-electron chi connectivity index (χ3n) is 3.30. The largest absolute Gasteiger partial charge is 0.386 e. The summed E-state index contributed by atoms with van der Waals surface area (Å²) in [6.45, 7) is 1.96. The van der Waals surface area contributed by atoms with Crippen molar-refractivity contribution in [2.24, 2.45) is 0 Å². The van der Waals surface area contributed by atoms with Gasteiger partial charge in [-0.15, -0.1) is 11.3 Å². The second kappa shape index (κ2) is 5.67. The van der Waals surface area contributed by atoms with Crippen LogP contribution in [0.5, 0.6) is 0 Å². The molecule has 3 N–H and O–H groups in total. The number of carbonyl (C=O) groups is 1. The van der Waals surface area contributed by atoms with Gasteiger partial charge in [-0.25, -0.2) is 0 Å². The predicted octanol–water partition coefficient (Wildman–Crippen LogP) is 2.40. The Kier molecular flexibility index (Phi) is 3.72. The molecule has 1 atom stereocenters. The van der Waals surface area contributed by atoms with E-state index < -0.39 is 6.10 Å². The Morgan fingerprint density at radius 2 is 2.29 bits per heavy atom. The fourth-order valence-electron chi connectivity index (χ4n) is 2.13. The van der Waals surface area contributed by atoms with Gasteiger partial charge in [0.15, 0.2) is 0 Å². The smallest absolute Gasteiger partial charge is 0.254 e. The number of rotatable bonds is 4. The minimum Gasteiger partial charge on any atom is -0.386 e. The molecule has 3 aromatic rings. The SMILES string of the molecule is Cc1[nH]ncc1C(=O)NCC(O)c1cc2ccccc2s1. The van der Waals surface area contributed by atoms with Gasteiger partial charge in [0.1, 0.15) is 6.10 Å². The van der Waals surface area contributed by atoms with Crippen molar-refractivity contribution in [3.05, 3.63) is 52.7 Å². The fraction of sp³-hybridized carbons (Fsp3) is 0.200. The van der Waals surface area contributed by atoms with E-state index in [4.69, 9.17) is 0 Å². The Morgan fingerprint density at radius 3 is 3.00 bits per heavy atom. The molecule has 0 bridgehead atoms. The van der Waals surface area contributed by atoms with Gasteiger partial charge in [-0.3, -0.25) is 9.89 Å². The molecule has 21 heavy (non-hydrogen) atoms. The van der Waals surface area contributed by atoms with E-state index in [-0.39, 0.29) is 12.5 Å². The summed E-state index contributed by atoms with van der Waals surface area (Å²) in [5, 5.41) is 20.6. The summed E-state index contributed by atoms with van der Waals surface area (Å²) in [7, 11) is 0. The molecule has 1 aromatic carbocycles. The van der Waals surface area contributed by atoms with Gasteiger partial charge >= 0.3 is 0 Å². The first-order valence-corrected chi connectivity index (χ1v) is 7.41. The number of aryl methyl sites for hydroxylation is 1. The molecule has 6 heteroatoms. The van der Waals surface area contributed by atoms with Crippen molar-refractivity contribution in [2.75, 3.05) is 6.54 Å². The first-order valence-electron chi connectivity index (χ1n) is 6.60. The molecular formula is C15H15N3O2S. The zero-order valence-electron chi connectivity index (χ0n) is 11.5. The first kappa shape index (κ1) is 13.8. The van der Waals surface area contributed by atoms with E-state index in [2.05, 4.69) is 15.5 Å². The monoisotopic (exact) mass is 301 g/mol. The lowest BCUT2D eigenvalue weighted by molar-refractivity contribution is 0.0917. The van der Waals surface area contributed by atoms with Gasteiger partial charge in [0.2, 0.25) is 0 Å². The second-order valence-electron chi connectivity index (χ2n) is 4.82. The molecule has 0 spiro atoms. The standard InChI is InChI=1S/C15H15N3O2S/c1-9-11(7-17-18-9)15(20)16-8-12(19)14-6-10-4-2-3-5-13(10)21-14/h2-7,12,19H,8H2,1H3,(H,16,20)(H,17,18). The number of aliphatic hydroxyl groups excluding tert-OH is 1. The summed E-state index contributed by atoms with van der Waals surface area (Å²) >= 11 is 1.54. The number of fused-ring (bicyclic) bond motifs is 1. The van der Waals surface area contributed by atoms with Crippen molar-refractivity contribution in [1.82, 2.24) is 15.5 Å². The minimum atomic E-state index is -0.710. The van der Waals surface area contributed by atoms with E-state index >= 15 is 0 Å². The number of hydrogen-bond acceptors (Lipinski definition) is 4. The normalized spacial score (nSPS) is 12.5. The van der Waals surface area contributed by atoms with Crippen molar-refractivity contribution in [2.45, 2.75) is 13.0 Å². The molecule has 2 aromatic heterocycles. The van der Waals surface area contributed by atoms with Gasteiger partial charge in [-0.1, -0.05) is 18.2 Å². The lowest BCUT2D eigenvalue weighted by Crippen LogP contribution is -2.28. The summed E-state index contributed by atoms with van der Waals surface area (Å²) in [6.07, 6.45) is 0.773. The number of aromatic nitrogens is 2. The highest BCUT2D eigenvalue weighted by molar-refractivity contribution is 7.19. The Labute approximate surface area is 125 Å². The molecule has 0 saturated heterocycles. The van der Waals surface area contributed by atoms with E-state index in [1.165, 1.54) is 17.5 Å². The zero-order valence-corrected chi connectivity index (χ0v) is 12.3. The number of nitrogens with one attached hydrogen (secondary N) is 2. The van der Waals surface area contributed by atoms with Crippen LogP contribution >= 0.6 is 11.3 Å². The third kappa shape index (κ3) is 2.81. The number of carbonyl (C=O) groups excluding carboxylic acids is 1. The molecule has 0 aliphatic rings. The van der Waals surface area contributed by atoms with Crippen LogP contribution in [0.15, 0.2) is 36.5 Å². The second-order valence-corrected chi connectivity index (χ2v) is 5.94. The van der Waals surface area contributed by atoms with Crippen LogP contribution in [-0.4, -0.2) is 27.8 Å². The van der Waals surface area contributed by atoms with Crippen LogP contribution < -0.4 is 5.32 Å². The lowest BCUT2D eigenvalue weighted by Gasteiger charge is -2.09. The molecular weight excluding hydrogens is 286 g/mol. The number of nitrogens with zero attached hydrogens (tertiary/aromatic N) is 1. The van der Waals surface area contributed by atoms with Crippen LogP contribution in [0.3, 0.4) is 0 Å². The maximum atomic E-state index is 12.0. The molecule has 0 radical (unpaired) electrons. The molecule has 3 rings (SSSR count). The fourth-order valence-corrected chi connectivity index (χ4v) is 3.18. The molecule has 5 nitrogen and oxygen atoms in total. The topological polar surface area (TPSA) is 78.0 Å². The number of benzene rings is 1. The number of aliphatic hydroxyl groups is 1. The number of amides is 1. The lowest BCUT2D eigenvalue weighted by atomic mass is 10.2. The highest BCUT2D eigenvalue weighted by Crippen LogP contribution is 2.29. The van der Waals surface area contributed by atoms with Gasteiger partial charge in [0.25, 0.3) is 5.91 Å². The summed E-state index contributed by atoms with van der Waals surface area (Å²) in [6, 6.07) is 9.92. The van der Waals surface area contributed by atoms with E-state index in [1.807, 2.05) is 30.3 Å². The van der Waals surface area contributed by atoms with Crippen molar-refractivity contribution in [3.8, 4) is 0 Å². The molecule has 0 saturated carbocycles. The molecule has 1 amide bonds. The van der Waals surface area contributed by atoms with E-state index in [9.17, 15) is 9.90 Å². The van der Waals surface area contributed by atoms with Gasteiger partial charge < -0.3 is 10.4 Å². The quantitative estimate of drug-likeness (QED) is 0.692.